The number of hydrogen-bond acceptors (Lipinski definition) is 0. The van der Waals surface area contributed by atoms with Crippen molar-refractivity contribution in [3.05, 3.63) is 0 Å². The molecule has 0 aliphatic rings. The second kappa shape index (κ2) is 27.0. The van der Waals surface area contributed by atoms with Gasteiger partial charge in [-0.2, -0.15) is 0 Å². The Hall–Kier alpha value is 0.430. The van der Waals surface area contributed by atoms with Crippen LogP contribution in [0.5, 0.6) is 0 Å². The van der Waals surface area contributed by atoms with Crippen molar-refractivity contribution in [2.24, 2.45) is 0 Å². The third-order valence-electron chi connectivity index (χ3n) is 7.94. The minimum Gasteiger partial charge on any atom is -0.0654 e. The van der Waals surface area contributed by atoms with Gasteiger partial charge < -0.3 is 0 Å². The molecular weight excluding hydrogens is 415 g/mol. The molecule has 0 nitrogen and oxygen atoms in total. The second-order valence-electron chi connectivity index (χ2n) is 11.3. The van der Waals surface area contributed by atoms with Crippen molar-refractivity contribution in [2.75, 3.05) is 24.6 Å². The van der Waals surface area contributed by atoms with E-state index in [1.165, 1.54) is 128 Å². The van der Waals surface area contributed by atoms with E-state index in [4.69, 9.17) is 0 Å². The molecule has 0 rings (SSSR count). The van der Waals surface area contributed by atoms with Gasteiger partial charge in [-0.25, -0.2) is 0 Å². The number of hydrogen-bond donors (Lipinski definition) is 0. The molecule has 0 aromatic carbocycles. The van der Waals surface area contributed by atoms with Gasteiger partial charge in [-0.05, 0) is 51.4 Å². The summed E-state index contributed by atoms with van der Waals surface area (Å²) < 4.78 is 0. The summed E-state index contributed by atoms with van der Waals surface area (Å²) in [7, 11) is -0.718. The molecule has 1 heteroatoms. The van der Waals surface area contributed by atoms with Crippen molar-refractivity contribution in [3.8, 4) is 0 Å². The molecule has 0 saturated carbocycles. The summed E-state index contributed by atoms with van der Waals surface area (Å²) in [6.07, 6.45) is 42.1. The first-order valence-electron chi connectivity index (χ1n) is 16.1. The Bertz CT molecular complexity index is 281. The molecule has 0 unspecified atom stereocenters. The fourth-order valence-corrected chi connectivity index (χ4v) is 10.5. The first-order chi connectivity index (χ1) is 16.2. The quantitative estimate of drug-likeness (QED) is 0.0766. The molecule has 0 aliphatic carbocycles. The molecule has 0 heterocycles. The molecule has 0 spiro atoms. The highest BCUT2D eigenvalue weighted by Gasteiger charge is 2.34. The van der Waals surface area contributed by atoms with Crippen molar-refractivity contribution >= 4 is 7.26 Å². The Kier molecular flexibility index (Phi) is 27.4. The lowest BCUT2D eigenvalue weighted by molar-refractivity contribution is 0.610. The van der Waals surface area contributed by atoms with Crippen LogP contribution in [0.15, 0.2) is 0 Å². The van der Waals surface area contributed by atoms with E-state index in [1.807, 2.05) is 0 Å². The van der Waals surface area contributed by atoms with Gasteiger partial charge >= 0.3 is 0 Å². The van der Waals surface area contributed by atoms with E-state index in [-0.39, 0.29) is 0 Å². The topological polar surface area (TPSA) is 0 Å². The molecule has 200 valence electrons. The van der Waals surface area contributed by atoms with Crippen molar-refractivity contribution in [2.45, 2.75) is 182 Å². The zero-order valence-corrected chi connectivity index (χ0v) is 25.1. The van der Waals surface area contributed by atoms with Gasteiger partial charge in [-0.1, -0.05) is 130 Å². The summed E-state index contributed by atoms with van der Waals surface area (Å²) in [4.78, 5) is 0. The van der Waals surface area contributed by atoms with Crippen LogP contribution in [0.25, 0.3) is 0 Å². The fourth-order valence-electron chi connectivity index (χ4n) is 5.58. The summed E-state index contributed by atoms with van der Waals surface area (Å²) in [5.41, 5.74) is 0. The molecule has 0 radical (unpaired) electrons. The maximum absolute atomic E-state index is 2.35. The van der Waals surface area contributed by atoms with E-state index in [0.29, 0.717) is 0 Å². The van der Waals surface area contributed by atoms with Crippen LogP contribution >= 0.6 is 7.26 Å². The van der Waals surface area contributed by atoms with Crippen molar-refractivity contribution in [1.82, 2.24) is 0 Å². The van der Waals surface area contributed by atoms with Gasteiger partial charge in [0.05, 0.1) is 24.6 Å². The Morgan fingerprint density at radius 2 is 0.424 bits per heavy atom. The molecule has 0 bridgehead atoms. The summed E-state index contributed by atoms with van der Waals surface area (Å²) in [5, 5.41) is 0. The Morgan fingerprint density at radius 3 is 0.636 bits per heavy atom. The summed E-state index contributed by atoms with van der Waals surface area (Å²) in [5.74, 6) is 0. The van der Waals surface area contributed by atoms with Crippen LogP contribution in [-0.4, -0.2) is 24.6 Å². The first-order valence-corrected chi connectivity index (χ1v) is 18.6. The lowest BCUT2D eigenvalue weighted by atomic mass is 10.1. The monoisotopic (exact) mass is 484 g/mol. The minimum atomic E-state index is -0.718. The Morgan fingerprint density at radius 1 is 0.242 bits per heavy atom. The Balaban J connectivity index is 4.74. The van der Waals surface area contributed by atoms with Gasteiger partial charge in [0.25, 0.3) is 0 Å². The molecule has 0 N–H and O–H groups in total. The van der Waals surface area contributed by atoms with Gasteiger partial charge in [0.15, 0.2) is 0 Å². The normalized spacial score (nSPS) is 12.0. The second-order valence-corrected chi connectivity index (χ2v) is 15.8. The standard InChI is InChI=1S/C32H68P/c1-5-9-13-17-21-25-29-33(30-26-22-18-14-10-6-2,31-27-23-19-15-11-7-3)32-28-24-20-16-12-8-4/h5-32H2,1-4H3/q+1. The average molecular weight is 484 g/mol. The average Bonchev–Trinajstić information content (AvgIpc) is 2.83. The summed E-state index contributed by atoms with van der Waals surface area (Å²) in [6, 6.07) is 0. The van der Waals surface area contributed by atoms with E-state index < -0.39 is 7.26 Å². The summed E-state index contributed by atoms with van der Waals surface area (Å²) in [6.45, 7) is 9.38. The van der Waals surface area contributed by atoms with Gasteiger partial charge in [0.2, 0.25) is 0 Å². The molecule has 0 aliphatic heterocycles. The van der Waals surface area contributed by atoms with Crippen LogP contribution in [0.4, 0.5) is 0 Å². The maximum Gasteiger partial charge on any atom is 0.0594 e. The minimum absolute atomic E-state index is 0.718. The van der Waals surface area contributed by atoms with Gasteiger partial charge in [0, 0.05) is 7.26 Å². The fraction of sp³-hybridized carbons (Fsp3) is 1.00. The van der Waals surface area contributed by atoms with E-state index in [9.17, 15) is 0 Å². The van der Waals surface area contributed by atoms with Crippen LogP contribution < -0.4 is 0 Å². The van der Waals surface area contributed by atoms with Crippen molar-refractivity contribution in [1.29, 1.82) is 0 Å². The molecule has 0 amide bonds. The third-order valence-corrected chi connectivity index (χ3v) is 13.0. The largest absolute Gasteiger partial charge is 0.0654 e. The molecule has 0 fully saturated rings. The van der Waals surface area contributed by atoms with E-state index >= 15 is 0 Å². The predicted molar refractivity (Wildman–Crippen MR) is 160 cm³/mol. The third kappa shape index (κ3) is 22.6. The van der Waals surface area contributed by atoms with Crippen LogP contribution in [0, 0.1) is 0 Å². The van der Waals surface area contributed by atoms with Gasteiger partial charge in [-0.15, -0.1) is 0 Å². The molecule has 0 saturated heterocycles. The lowest BCUT2D eigenvalue weighted by Crippen LogP contribution is -2.13. The highest BCUT2D eigenvalue weighted by Crippen LogP contribution is 2.61. The molecule has 33 heavy (non-hydrogen) atoms. The van der Waals surface area contributed by atoms with Crippen LogP contribution in [0.1, 0.15) is 182 Å². The predicted octanol–water partition coefficient (Wildman–Crippen LogP) is 12.4. The first kappa shape index (κ1) is 33.4. The van der Waals surface area contributed by atoms with Crippen molar-refractivity contribution in [3.63, 3.8) is 0 Å². The maximum atomic E-state index is 2.35. The van der Waals surface area contributed by atoms with E-state index in [2.05, 4.69) is 27.7 Å². The smallest absolute Gasteiger partial charge is 0.0594 e. The number of unbranched alkanes of at least 4 members (excludes halogenated alkanes) is 20. The lowest BCUT2D eigenvalue weighted by Gasteiger charge is -2.28. The molecule has 0 atom stereocenters. The van der Waals surface area contributed by atoms with E-state index in [1.54, 1.807) is 50.3 Å². The molecule has 0 aromatic heterocycles. The molecular formula is C32H68P+. The highest BCUT2D eigenvalue weighted by molar-refractivity contribution is 7.75. The zero-order valence-electron chi connectivity index (χ0n) is 24.2. The zero-order chi connectivity index (χ0) is 24.3. The van der Waals surface area contributed by atoms with Gasteiger partial charge in [0.1, 0.15) is 0 Å². The van der Waals surface area contributed by atoms with Crippen LogP contribution in [0.2, 0.25) is 0 Å². The van der Waals surface area contributed by atoms with E-state index in [0.717, 1.165) is 0 Å². The van der Waals surface area contributed by atoms with Gasteiger partial charge in [-0.3, -0.25) is 0 Å². The SMILES string of the molecule is CCCCCCCC[P+](CCCCCCCC)(CCCCCCCC)CCCCCCCC. The summed E-state index contributed by atoms with van der Waals surface area (Å²) >= 11 is 0. The number of rotatable bonds is 28. The molecule has 0 aromatic rings. The van der Waals surface area contributed by atoms with Crippen LogP contribution in [0.3, 0.4) is 0 Å². The highest BCUT2D eigenvalue weighted by atomic mass is 31.2. The van der Waals surface area contributed by atoms with Crippen LogP contribution in [-0.2, 0) is 0 Å². The Labute approximate surface area is 213 Å². The van der Waals surface area contributed by atoms with Crippen molar-refractivity contribution < 1.29 is 0 Å².